The number of azide groups is 1. The van der Waals surface area contributed by atoms with E-state index in [0.29, 0.717) is 0 Å². The van der Waals surface area contributed by atoms with Crippen molar-refractivity contribution in [3.05, 3.63) is 298 Å². The van der Waals surface area contributed by atoms with E-state index in [1.54, 1.807) is 0 Å². The number of nitrogens with zero attached hydrogens (tertiary/aromatic N) is 3. The number of aliphatic hydroxyl groups is 3. The third-order valence-electron chi connectivity index (χ3n) is 16.5. The summed E-state index contributed by atoms with van der Waals surface area (Å²) in [5.41, 5.74) is 17.3. The minimum absolute atomic E-state index is 0.0233. The molecule has 16 atom stereocenters. The standard InChI is InChI=1S/C74H79N3O15/c75-77-76-61-66(83-43-53-29-13-3-14-30-53)62(78)59(90-73(61)92-68-64(80)63(79)67(84-44-54-31-15-4-16-32-54)70(86-46-56-35-19-6-20-36-56)71(68)87-47-57-37-21-7-22-38-57)50-89-74-72(88-48-58-39-23-8-24-40-58)69(85-45-55-33-17-5-18-34-55)65(82-42-52-27-11-2-12-28-52)60(91-74)49-81-41-51-25-9-1-10-26-51/h1-40,59-74,78-80H,41-50H2/t59-,60-,61-,62-,63+,64-,65+,66-,67+,68+,69+,70-,71-,72-,73-,74-/m1/s1. The molecular weight excluding hydrogens is 1170 g/mol. The van der Waals surface area contributed by atoms with Crippen molar-refractivity contribution in [2.24, 2.45) is 5.11 Å². The van der Waals surface area contributed by atoms with Gasteiger partial charge in [0.2, 0.25) is 0 Å². The van der Waals surface area contributed by atoms with Crippen molar-refractivity contribution in [3.63, 3.8) is 0 Å². The Labute approximate surface area is 536 Å². The molecule has 0 radical (unpaired) electrons. The number of hydrogen-bond acceptors (Lipinski definition) is 16. The molecule has 11 rings (SSSR count). The summed E-state index contributed by atoms with van der Waals surface area (Å²) in [6, 6.07) is 75.5. The summed E-state index contributed by atoms with van der Waals surface area (Å²) in [6.45, 7) is 0.550. The van der Waals surface area contributed by atoms with E-state index in [9.17, 15) is 20.9 Å². The SMILES string of the molecule is [N-]=[N+]=N[C@H]1[C@@H](O[C@H]2[C@H](O)[C@H](O)[C@H](OCc3ccccc3)[C@@H](OCc3ccccc3)[C@@H]2OCc2ccccc2)O[C@H](CO[C@@H]2O[C@H](COCc3ccccc3)[C@H](OCc3ccccc3)[C@H](OCc3ccccc3)[C@H]2OCc2ccccc2)[C@@H](O)[C@@H]1OCc1ccccc1. The maximum atomic E-state index is 12.7. The van der Waals surface area contributed by atoms with Gasteiger partial charge >= 0.3 is 0 Å². The molecule has 2 heterocycles. The predicted octanol–water partition coefficient (Wildman–Crippen LogP) is 10.9. The molecule has 18 nitrogen and oxygen atoms in total. The van der Waals surface area contributed by atoms with Crippen molar-refractivity contribution in [1.82, 2.24) is 0 Å². The molecule has 3 aliphatic rings. The second kappa shape index (κ2) is 34.4. The molecule has 92 heavy (non-hydrogen) atoms. The molecule has 0 bridgehead atoms. The third kappa shape index (κ3) is 18.2. The third-order valence-corrected chi connectivity index (χ3v) is 16.5. The van der Waals surface area contributed by atoms with Crippen molar-refractivity contribution in [2.45, 2.75) is 151 Å². The van der Waals surface area contributed by atoms with Crippen LogP contribution in [-0.4, -0.2) is 127 Å². The van der Waals surface area contributed by atoms with Gasteiger partial charge in [-0.05, 0) is 50.0 Å². The Bertz CT molecular complexity index is 3410. The summed E-state index contributed by atoms with van der Waals surface area (Å²) in [6.07, 6.45) is -18.8. The van der Waals surface area contributed by atoms with E-state index in [4.69, 9.17) is 56.8 Å². The van der Waals surface area contributed by atoms with E-state index in [1.807, 2.05) is 243 Å². The molecule has 3 N–H and O–H groups in total. The molecular formula is C74H79N3O15. The van der Waals surface area contributed by atoms with E-state index < -0.39 is 105 Å². The first-order valence-corrected chi connectivity index (χ1v) is 31.2. The number of hydrogen-bond donors (Lipinski definition) is 3. The van der Waals surface area contributed by atoms with Crippen LogP contribution in [0.4, 0.5) is 0 Å². The lowest BCUT2D eigenvalue weighted by Crippen LogP contribution is -2.68. The van der Waals surface area contributed by atoms with Crippen LogP contribution in [-0.2, 0) is 110 Å². The molecule has 0 spiro atoms. The lowest BCUT2D eigenvalue weighted by atomic mass is 9.83. The highest BCUT2D eigenvalue weighted by atomic mass is 16.7. The van der Waals surface area contributed by atoms with Crippen LogP contribution in [0.15, 0.2) is 248 Å². The van der Waals surface area contributed by atoms with Gasteiger partial charge in [-0.3, -0.25) is 0 Å². The van der Waals surface area contributed by atoms with Gasteiger partial charge in [0.15, 0.2) is 12.6 Å². The molecule has 0 unspecified atom stereocenters. The maximum absolute atomic E-state index is 12.7. The van der Waals surface area contributed by atoms with Gasteiger partial charge in [0, 0.05) is 4.91 Å². The minimum Gasteiger partial charge on any atom is -0.388 e. The Hall–Kier alpha value is -7.53. The summed E-state index contributed by atoms with van der Waals surface area (Å²) < 4.78 is 81.9. The van der Waals surface area contributed by atoms with Gasteiger partial charge in [0.05, 0.1) is 72.2 Å². The molecule has 480 valence electrons. The lowest BCUT2D eigenvalue weighted by molar-refractivity contribution is -0.350. The van der Waals surface area contributed by atoms with Crippen molar-refractivity contribution < 1.29 is 72.2 Å². The van der Waals surface area contributed by atoms with Gasteiger partial charge in [-0.1, -0.05) is 248 Å². The fraction of sp³-hybridized carbons (Fsp3) is 0.351. The van der Waals surface area contributed by atoms with Gasteiger partial charge in [-0.15, -0.1) is 0 Å². The smallest absolute Gasteiger partial charge is 0.187 e. The van der Waals surface area contributed by atoms with Gasteiger partial charge in [0.25, 0.3) is 0 Å². The Kier molecular flexibility index (Phi) is 24.7. The molecule has 8 aromatic rings. The minimum atomic E-state index is -1.72. The topological polar surface area (TPSA) is 220 Å². The number of ether oxygens (including phenoxy) is 12. The van der Waals surface area contributed by atoms with Crippen LogP contribution < -0.4 is 0 Å². The number of rotatable bonds is 31. The van der Waals surface area contributed by atoms with E-state index in [2.05, 4.69) is 10.0 Å². The van der Waals surface area contributed by atoms with Crippen molar-refractivity contribution in [2.75, 3.05) is 13.2 Å². The molecule has 0 amide bonds. The first-order chi connectivity index (χ1) is 45.3. The van der Waals surface area contributed by atoms with E-state index in [-0.39, 0.29) is 59.5 Å². The van der Waals surface area contributed by atoms with Crippen molar-refractivity contribution in [1.29, 1.82) is 0 Å². The fourth-order valence-corrected chi connectivity index (χ4v) is 11.7. The first kappa shape index (κ1) is 65.9. The Morgan fingerprint density at radius 3 is 1.00 bits per heavy atom. The summed E-state index contributed by atoms with van der Waals surface area (Å²) in [4.78, 5) is 3.24. The van der Waals surface area contributed by atoms with Crippen molar-refractivity contribution in [3.8, 4) is 0 Å². The highest BCUT2D eigenvalue weighted by molar-refractivity contribution is 5.20. The zero-order chi connectivity index (χ0) is 63.1. The average molecular weight is 1250 g/mol. The lowest BCUT2D eigenvalue weighted by Gasteiger charge is -2.50. The highest BCUT2D eigenvalue weighted by Gasteiger charge is 2.57. The van der Waals surface area contributed by atoms with Crippen LogP contribution in [0.2, 0.25) is 0 Å². The molecule has 3 fully saturated rings. The summed E-state index contributed by atoms with van der Waals surface area (Å²) in [7, 11) is 0. The van der Waals surface area contributed by atoms with E-state index >= 15 is 0 Å². The molecule has 0 aromatic heterocycles. The summed E-state index contributed by atoms with van der Waals surface area (Å²) in [5, 5.41) is 41.9. The highest BCUT2D eigenvalue weighted by Crippen LogP contribution is 2.38. The van der Waals surface area contributed by atoms with Crippen LogP contribution in [0.1, 0.15) is 44.5 Å². The number of aliphatic hydroxyl groups excluding tert-OH is 3. The quantitative estimate of drug-likeness (QED) is 0.0209. The normalized spacial score (nSPS) is 27.2. The summed E-state index contributed by atoms with van der Waals surface area (Å²) >= 11 is 0. The predicted molar refractivity (Wildman–Crippen MR) is 340 cm³/mol. The number of benzene rings is 8. The molecule has 1 saturated carbocycles. The van der Waals surface area contributed by atoms with Crippen LogP contribution >= 0.6 is 0 Å². The van der Waals surface area contributed by atoms with Gasteiger partial charge in [0.1, 0.15) is 79.3 Å². The maximum Gasteiger partial charge on any atom is 0.187 e. The van der Waals surface area contributed by atoms with E-state index in [0.717, 1.165) is 44.5 Å². The Balaban J connectivity index is 0.938. The van der Waals surface area contributed by atoms with Crippen LogP contribution in [0.5, 0.6) is 0 Å². The zero-order valence-corrected chi connectivity index (χ0v) is 51.0. The van der Waals surface area contributed by atoms with Crippen molar-refractivity contribution >= 4 is 0 Å². The van der Waals surface area contributed by atoms with Gasteiger partial charge in [-0.25, -0.2) is 0 Å². The van der Waals surface area contributed by atoms with Gasteiger partial charge < -0.3 is 72.2 Å². The van der Waals surface area contributed by atoms with Crippen LogP contribution in [0.3, 0.4) is 0 Å². The first-order valence-electron chi connectivity index (χ1n) is 31.2. The fourth-order valence-electron chi connectivity index (χ4n) is 11.7. The second-order valence-corrected chi connectivity index (χ2v) is 23.0. The van der Waals surface area contributed by atoms with Crippen LogP contribution in [0, 0.1) is 0 Å². The zero-order valence-electron chi connectivity index (χ0n) is 51.0. The molecule has 18 heteroatoms. The monoisotopic (exact) mass is 1250 g/mol. The average Bonchev–Trinajstić information content (AvgIpc) is 0.809. The summed E-state index contributed by atoms with van der Waals surface area (Å²) in [5.74, 6) is 0. The van der Waals surface area contributed by atoms with E-state index in [1.165, 1.54) is 0 Å². The Morgan fingerprint density at radius 2 is 0.609 bits per heavy atom. The largest absolute Gasteiger partial charge is 0.388 e. The Morgan fingerprint density at radius 1 is 0.304 bits per heavy atom. The van der Waals surface area contributed by atoms with Crippen LogP contribution in [0.25, 0.3) is 10.4 Å². The molecule has 2 saturated heterocycles. The second-order valence-electron chi connectivity index (χ2n) is 23.0. The van der Waals surface area contributed by atoms with Gasteiger partial charge in [-0.2, -0.15) is 0 Å². The molecule has 2 aliphatic heterocycles. The molecule has 1 aliphatic carbocycles. The molecule has 8 aromatic carbocycles.